The van der Waals surface area contributed by atoms with Crippen molar-refractivity contribution in [1.29, 1.82) is 0 Å². The van der Waals surface area contributed by atoms with E-state index in [4.69, 9.17) is 34.3 Å². The summed E-state index contributed by atoms with van der Waals surface area (Å²) in [5.41, 5.74) is 28.1. The van der Waals surface area contributed by atoms with Crippen molar-refractivity contribution < 1.29 is 4.42 Å². The van der Waals surface area contributed by atoms with Crippen molar-refractivity contribution in [2.24, 2.45) is 0 Å². The second-order valence-electron chi connectivity index (χ2n) is 31.4. The van der Waals surface area contributed by atoms with E-state index >= 15 is 0 Å². The number of aromatic nitrogens is 6. The summed E-state index contributed by atoms with van der Waals surface area (Å²) in [6.07, 6.45) is 0. The third kappa shape index (κ3) is 12.0. The fraction of sp³-hybridized carbons (Fsp3) is 0.0175. The molecule has 122 heavy (non-hydrogen) atoms. The van der Waals surface area contributed by atoms with Crippen LogP contribution in [0.1, 0.15) is 44.5 Å². The molecule has 24 rings (SSSR count). The van der Waals surface area contributed by atoms with Gasteiger partial charge in [-0.3, -0.25) is 0 Å². The van der Waals surface area contributed by atoms with E-state index < -0.39 is 10.8 Å². The number of thiophene rings is 1. The van der Waals surface area contributed by atoms with Crippen molar-refractivity contribution in [2.75, 3.05) is 0 Å². The molecule has 22 aromatic rings. The van der Waals surface area contributed by atoms with Crippen LogP contribution in [0.25, 0.3) is 177 Å². The van der Waals surface area contributed by atoms with Crippen LogP contribution in [0.4, 0.5) is 0 Å². The Morgan fingerprint density at radius 3 is 1.04 bits per heavy atom. The number of hydrogen-bond acceptors (Lipinski definition) is 8. The van der Waals surface area contributed by atoms with Crippen LogP contribution in [-0.4, -0.2) is 29.9 Å². The molecule has 2 aliphatic rings. The van der Waals surface area contributed by atoms with Gasteiger partial charge < -0.3 is 4.42 Å². The first-order chi connectivity index (χ1) is 60.4. The number of nitrogens with zero attached hydrogens (tertiary/aromatic N) is 6. The van der Waals surface area contributed by atoms with Crippen molar-refractivity contribution in [3.63, 3.8) is 0 Å². The zero-order valence-electron chi connectivity index (χ0n) is 66.1. The Morgan fingerprint density at radius 1 is 0.189 bits per heavy atom. The highest BCUT2D eigenvalue weighted by Crippen LogP contribution is 2.60. The van der Waals surface area contributed by atoms with Gasteiger partial charge in [-0.05, 0) is 178 Å². The summed E-state index contributed by atoms with van der Waals surface area (Å²) >= 11 is 1.83. The largest absolute Gasteiger partial charge is 0.456 e. The molecule has 0 spiro atoms. The van der Waals surface area contributed by atoms with Crippen LogP contribution in [0.3, 0.4) is 0 Å². The number of furan rings is 1. The first kappa shape index (κ1) is 71.6. The van der Waals surface area contributed by atoms with Crippen LogP contribution < -0.4 is 0 Å². The monoisotopic (exact) mass is 1570 g/mol. The quantitative estimate of drug-likeness (QED) is 0.114. The number of hydrogen-bond donors (Lipinski definition) is 0. The van der Waals surface area contributed by atoms with Crippen molar-refractivity contribution in [3.8, 4) is 124 Å². The predicted octanol–water partition coefficient (Wildman–Crippen LogP) is 28.9. The minimum absolute atomic E-state index is 0.505. The van der Waals surface area contributed by atoms with Gasteiger partial charge in [0.1, 0.15) is 11.2 Å². The lowest BCUT2D eigenvalue weighted by molar-refractivity contribution is 0.666. The van der Waals surface area contributed by atoms with Gasteiger partial charge in [0.2, 0.25) is 0 Å². The van der Waals surface area contributed by atoms with Crippen LogP contribution in [0.2, 0.25) is 0 Å². The zero-order valence-corrected chi connectivity index (χ0v) is 66.9. The van der Waals surface area contributed by atoms with Gasteiger partial charge in [0.15, 0.2) is 34.9 Å². The van der Waals surface area contributed by atoms with E-state index in [2.05, 4.69) is 340 Å². The first-order valence-corrected chi connectivity index (χ1v) is 42.2. The molecule has 2 aliphatic carbocycles. The minimum atomic E-state index is -0.606. The molecule has 0 atom stereocenters. The standard InChI is InChI=1S/C58H37N3S.C56H35N3O/c1-5-17-38(18-6-1)43-33-44(39-19-7-2-8-20-39)35-46(34-43)58(51-27-15-13-25-47(51)48-26-14-16-28-52(48)58)45-30-32-54-50(37-45)49-36-42(29-31-53(49)62-54)57-60-55(40-21-9-3-10-22-40)59-56(61-57)41-23-11-4-12-24-41;1-4-17-37(18-5-1)53-57-54(38-19-6-2-7-20-38)59-55(58-53)52-42-23-11-10-16-36(42)28-31-43(52)39-29-32-46-47-33-30-41(35-51(47)60-50(46)34-39)56(40-21-8-3-9-22-40)48-26-14-12-24-44(48)45-25-13-15-27-49(45)56/h1-37H;1-35H. The van der Waals surface area contributed by atoms with Crippen molar-refractivity contribution in [1.82, 2.24) is 29.9 Å². The summed E-state index contributed by atoms with van der Waals surface area (Å²) < 4.78 is 9.38. The zero-order chi connectivity index (χ0) is 80.7. The molecule has 0 radical (unpaired) electrons. The molecular weight excluding hydrogens is 1500 g/mol. The Bertz CT molecular complexity index is 7550. The summed E-state index contributed by atoms with van der Waals surface area (Å²) in [5.74, 6) is 3.83. The van der Waals surface area contributed by atoms with E-state index in [9.17, 15) is 0 Å². The molecule has 0 saturated heterocycles. The average molecular weight is 1570 g/mol. The van der Waals surface area contributed by atoms with Gasteiger partial charge in [0.05, 0.1) is 10.8 Å². The van der Waals surface area contributed by atoms with Gasteiger partial charge in [-0.15, -0.1) is 11.3 Å². The minimum Gasteiger partial charge on any atom is -0.456 e. The van der Waals surface area contributed by atoms with Crippen LogP contribution in [0.15, 0.2) is 441 Å². The highest BCUT2D eigenvalue weighted by atomic mass is 32.1. The highest BCUT2D eigenvalue weighted by molar-refractivity contribution is 7.25. The lowest BCUT2D eigenvalue weighted by Gasteiger charge is -2.35. The van der Waals surface area contributed by atoms with Crippen LogP contribution in [0, 0.1) is 0 Å². The third-order valence-electron chi connectivity index (χ3n) is 24.6. The first-order valence-electron chi connectivity index (χ1n) is 41.4. The summed E-state index contributed by atoms with van der Waals surface area (Å²) in [6, 6.07) is 156. The summed E-state index contributed by atoms with van der Waals surface area (Å²) in [7, 11) is 0. The number of benzene rings is 18. The molecule has 7 nitrogen and oxygen atoms in total. The Morgan fingerprint density at radius 2 is 0.549 bits per heavy atom. The van der Waals surface area contributed by atoms with Gasteiger partial charge in [-0.2, -0.15) is 0 Å². The van der Waals surface area contributed by atoms with Crippen molar-refractivity contribution >= 4 is 64.2 Å². The molecule has 0 saturated carbocycles. The maximum atomic E-state index is 6.92. The highest BCUT2D eigenvalue weighted by Gasteiger charge is 2.48. The van der Waals surface area contributed by atoms with E-state index in [1.165, 1.54) is 109 Å². The predicted molar refractivity (Wildman–Crippen MR) is 501 cm³/mol. The molecule has 8 heteroatoms. The average Bonchev–Trinajstić information content (AvgIpc) is 1.47. The van der Waals surface area contributed by atoms with E-state index in [0.717, 1.165) is 77.2 Å². The number of fused-ring (bicyclic) bond motifs is 13. The molecule has 0 N–H and O–H groups in total. The van der Waals surface area contributed by atoms with Crippen LogP contribution in [-0.2, 0) is 10.8 Å². The van der Waals surface area contributed by atoms with Gasteiger partial charge in [-0.1, -0.05) is 370 Å². The maximum Gasteiger partial charge on any atom is 0.165 e. The Kier molecular flexibility index (Phi) is 17.4. The van der Waals surface area contributed by atoms with Gasteiger partial charge in [0.25, 0.3) is 0 Å². The van der Waals surface area contributed by atoms with Crippen molar-refractivity contribution in [3.05, 3.63) is 481 Å². The Hall–Kier alpha value is -15.7. The van der Waals surface area contributed by atoms with E-state index in [1.807, 2.05) is 108 Å². The van der Waals surface area contributed by atoms with Crippen molar-refractivity contribution in [2.45, 2.75) is 10.8 Å². The lowest BCUT2D eigenvalue weighted by atomic mass is 9.66. The van der Waals surface area contributed by atoms with Gasteiger partial charge >= 0.3 is 0 Å². The van der Waals surface area contributed by atoms with Crippen LogP contribution in [0.5, 0.6) is 0 Å². The fourth-order valence-corrected chi connectivity index (χ4v) is 20.2. The lowest BCUT2D eigenvalue weighted by Crippen LogP contribution is -2.28. The third-order valence-corrected chi connectivity index (χ3v) is 25.8. The molecule has 0 unspecified atom stereocenters. The van der Waals surface area contributed by atoms with E-state index in [0.29, 0.717) is 34.9 Å². The molecule has 570 valence electrons. The fourth-order valence-electron chi connectivity index (χ4n) is 19.1. The SMILES string of the molecule is c1ccc(-c2cc(-c3ccccc3)cc(C3(c4ccc5sc6ccc(-c7nc(-c8ccccc8)nc(-c8ccccc8)n7)cc6c5c4)c4ccccc4-c4ccccc43)c2)cc1.c1ccc(-c2nc(-c3ccccc3)nc(-c3c(-c4ccc5c(c4)oc4cc(C6(c7ccccc7)c7ccccc7-c7ccccc76)ccc45)ccc4ccccc34)n2)cc1. The molecule has 0 amide bonds. The topological polar surface area (TPSA) is 90.5 Å². The summed E-state index contributed by atoms with van der Waals surface area (Å²) in [6.45, 7) is 0. The Balaban J connectivity index is 0.000000142. The second kappa shape index (κ2) is 29.7. The molecule has 4 aromatic heterocycles. The van der Waals surface area contributed by atoms with Gasteiger partial charge in [-0.25, -0.2) is 29.9 Å². The van der Waals surface area contributed by atoms with Crippen LogP contribution >= 0.6 is 11.3 Å². The molecule has 0 fully saturated rings. The van der Waals surface area contributed by atoms with E-state index in [-0.39, 0.29) is 0 Å². The maximum absolute atomic E-state index is 6.92. The molecular formula is C114H72N6OS. The Labute approximate surface area is 709 Å². The molecule has 18 aromatic carbocycles. The normalized spacial score (nSPS) is 12.7. The molecule has 0 aliphatic heterocycles. The molecule has 4 heterocycles. The molecule has 0 bridgehead atoms. The second-order valence-corrected chi connectivity index (χ2v) is 32.5. The van der Waals surface area contributed by atoms with E-state index in [1.54, 1.807) is 0 Å². The van der Waals surface area contributed by atoms with Gasteiger partial charge in [0, 0.05) is 64.3 Å². The number of rotatable bonds is 13. The summed E-state index contributed by atoms with van der Waals surface area (Å²) in [5, 5.41) is 6.73. The summed E-state index contributed by atoms with van der Waals surface area (Å²) in [4.78, 5) is 30.6. The smallest absolute Gasteiger partial charge is 0.165 e.